The fourth-order valence-corrected chi connectivity index (χ4v) is 6.05. The molecule has 4 atom stereocenters. The van der Waals surface area contributed by atoms with Gasteiger partial charge < -0.3 is 29.3 Å². The second-order valence-corrected chi connectivity index (χ2v) is 12.3. The van der Waals surface area contributed by atoms with E-state index in [0.29, 0.717) is 48.8 Å². The Morgan fingerprint density at radius 1 is 1.12 bits per heavy atom. The quantitative estimate of drug-likeness (QED) is 0.512. The minimum absolute atomic E-state index is 0.0767. The Morgan fingerprint density at radius 3 is 2.49 bits per heavy atom. The largest absolute Gasteiger partial charge is 0.472 e. The zero-order chi connectivity index (χ0) is 29.3. The summed E-state index contributed by atoms with van der Waals surface area (Å²) in [4.78, 5) is 39.2. The summed E-state index contributed by atoms with van der Waals surface area (Å²) >= 11 is 0. The molecule has 3 aliphatic heterocycles. The molecule has 3 fully saturated rings. The number of carbonyl (C=O) groups is 2. The smallest absolute Gasteiger partial charge is 0.435 e. The highest BCUT2D eigenvalue weighted by Crippen LogP contribution is 2.37. The number of carbonyl (C=O) groups excluding carboxylic acids is 2. The van der Waals surface area contributed by atoms with Crippen LogP contribution >= 0.6 is 0 Å². The molecule has 2 aromatic heterocycles. The molecule has 0 aromatic carbocycles. The molecule has 1 N–H and O–H groups in total. The number of aryl methyl sites for hydroxylation is 1. The van der Waals surface area contributed by atoms with Gasteiger partial charge in [-0.05, 0) is 59.8 Å². The van der Waals surface area contributed by atoms with E-state index in [-0.39, 0.29) is 30.1 Å². The first-order valence-corrected chi connectivity index (χ1v) is 14.7. The molecule has 12 nitrogen and oxygen atoms in total. The van der Waals surface area contributed by atoms with E-state index in [1.165, 1.54) is 4.68 Å². The van der Waals surface area contributed by atoms with Gasteiger partial charge in [0.2, 0.25) is 17.7 Å². The Kier molecular flexibility index (Phi) is 8.40. The van der Waals surface area contributed by atoms with Gasteiger partial charge in [-0.1, -0.05) is 6.92 Å². The van der Waals surface area contributed by atoms with Gasteiger partial charge in [0.05, 0.1) is 13.2 Å². The third-order valence-corrected chi connectivity index (χ3v) is 7.98. The summed E-state index contributed by atoms with van der Waals surface area (Å²) in [6.07, 6.45) is 5.70. The molecule has 0 saturated carbocycles. The maximum atomic E-state index is 12.7. The summed E-state index contributed by atoms with van der Waals surface area (Å²) < 4.78 is 18.4. The highest BCUT2D eigenvalue weighted by Gasteiger charge is 2.42. The molecule has 0 radical (unpaired) electrons. The van der Waals surface area contributed by atoms with Gasteiger partial charge in [0.25, 0.3) is 0 Å². The second kappa shape index (κ2) is 11.8. The molecule has 1 amide bonds. The first-order valence-electron chi connectivity index (χ1n) is 14.7. The molecular weight excluding hydrogens is 526 g/mol. The summed E-state index contributed by atoms with van der Waals surface area (Å²) in [6, 6.07) is 4.19. The SMILES string of the molecule is CCC(=O)N1[C@@H]2CCC[C@H]1C[C@H](N(C)c1nc(Nc3cc(C)n(C(=O)OC(C)(C)C)n3)cc(OC3CCOC3)n1)C2. The molecule has 224 valence electrons. The lowest BCUT2D eigenvalue weighted by atomic mass is 9.81. The molecule has 1 unspecified atom stereocenters. The summed E-state index contributed by atoms with van der Waals surface area (Å²) in [5.41, 5.74) is -0.00297. The predicted molar refractivity (Wildman–Crippen MR) is 154 cm³/mol. The van der Waals surface area contributed by atoms with Crippen molar-refractivity contribution in [3.8, 4) is 5.88 Å². The molecule has 0 aliphatic carbocycles. The average Bonchev–Trinajstić information content (AvgIpc) is 3.55. The number of hydrogen-bond acceptors (Lipinski definition) is 10. The molecule has 12 heteroatoms. The van der Waals surface area contributed by atoms with Crippen LogP contribution in [0.25, 0.3) is 0 Å². The summed E-state index contributed by atoms with van der Waals surface area (Å²) in [6.45, 7) is 10.4. The first-order chi connectivity index (χ1) is 19.5. The lowest BCUT2D eigenvalue weighted by Gasteiger charge is -2.50. The number of ether oxygens (including phenoxy) is 3. The van der Waals surface area contributed by atoms with Crippen molar-refractivity contribution < 1.29 is 23.8 Å². The monoisotopic (exact) mass is 569 g/mol. The van der Waals surface area contributed by atoms with Crippen molar-refractivity contribution in [2.45, 2.75) is 109 Å². The highest BCUT2D eigenvalue weighted by atomic mass is 16.6. The van der Waals surface area contributed by atoms with Crippen LogP contribution in [0, 0.1) is 6.92 Å². The zero-order valence-corrected chi connectivity index (χ0v) is 25.1. The molecule has 5 rings (SSSR count). The van der Waals surface area contributed by atoms with E-state index in [9.17, 15) is 9.59 Å². The molecule has 0 spiro atoms. The van der Waals surface area contributed by atoms with Crippen LogP contribution in [0.1, 0.15) is 78.3 Å². The van der Waals surface area contributed by atoms with Gasteiger partial charge in [-0.3, -0.25) is 4.79 Å². The summed E-state index contributed by atoms with van der Waals surface area (Å²) in [5, 5.41) is 7.65. The van der Waals surface area contributed by atoms with Crippen molar-refractivity contribution in [2.75, 3.05) is 30.5 Å². The van der Waals surface area contributed by atoms with Gasteiger partial charge in [0, 0.05) is 55.8 Å². The lowest BCUT2D eigenvalue weighted by molar-refractivity contribution is -0.140. The number of nitrogens with one attached hydrogen (secondary N) is 1. The molecule has 2 aromatic rings. The van der Waals surface area contributed by atoms with Crippen molar-refractivity contribution in [3.63, 3.8) is 0 Å². The number of hydrogen-bond donors (Lipinski definition) is 1. The number of anilines is 3. The van der Waals surface area contributed by atoms with Crippen molar-refractivity contribution in [1.29, 1.82) is 0 Å². The van der Waals surface area contributed by atoms with Gasteiger partial charge in [0.1, 0.15) is 17.5 Å². The standard InChI is InChI=1S/C29H43N7O5/c1-7-26(37)35-19-9-8-10-20(35)15-21(14-19)34(6)27-31-23(16-25(32-27)40-22-11-12-39-17-22)30-24-13-18(2)36(33-24)28(38)41-29(3,4)5/h13,16,19-22H,7-12,14-15,17H2,1-6H3,(H,30,31,32,33)/t19-,20+,21-,22?. The Hall–Kier alpha value is -3.41. The van der Waals surface area contributed by atoms with Crippen LogP contribution in [-0.2, 0) is 14.3 Å². The summed E-state index contributed by atoms with van der Waals surface area (Å²) in [7, 11) is 2.01. The molecule has 41 heavy (non-hydrogen) atoms. The highest BCUT2D eigenvalue weighted by molar-refractivity contribution is 5.77. The van der Waals surface area contributed by atoms with E-state index < -0.39 is 11.7 Å². The van der Waals surface area contributed by atoms with Gasteiger partial charge in [-0.15, -0.1) is 5.10 Å². The van der Waals surface area contributed by atoms with Gasteiger partial charge in [-0.25, -0.2) is 4.79 Å². The van der Waals surface area contributed by atoms with Gasteiger partial charge >= 0.3 is 6.09 Å². The van der Waals surface area contributed by atoms with Gasteiger partial charge in [-0.2, -0.15) is 14.6 Å². The number of aromatic nitrogens is 4. The van der Waals surface area contributed by atoms with E-state index in [2.05, 4.69) is 20.2 Å². The van der Waals surface area contributed by atoms with Crippen molar-refractivity contribution in [2.24, 2.45) is 0 Å². The van der Waals surface area contributed by atoms with Crippen LogP contribution in [0.5, 0.6) is 5.88 Å². The Balaban J connectivity index is 1.39. The van der Waals surface area contributed by atoms with Crippen LogP contribution in [-0.4, -0.2) is 86.7 Å². The number of piperidine rings is 2. The topological polar surface area (TPSA) is 124 Å². The van der Waals surface area contributed by atoms with E-state index >= 15 is 0 Å². The van der Waals surface area contributed by atoms with Gasteiger partial charge in [0.15, 0.2) is 5.82 Å². The summed E-state index contributed by atoms with van der Waals surface area (Å²) in [5.74, 6) is 2.19. The fourth-order valence-electron chi connectivity index (χ4n) is 6.05. The van der Waals surface area contributed by atoms with Crippen LogP contribution in [0.2, 0.25) is 0 Å². The zero-order valence-electron chi connectivity index (χ0n) is 25.1. The number of rotatable bonds is 7. The predicted octanol–water partition coefficient (Wildman–Crippen LogP) is 4.43. The third kappa shape index (κ3) is 6.74. The Labute approximate surface area is 241 Å². The van der Waals surface area contributed by atoms with E-state index in [1.54, 1.807) is 19.1 Å². The first kappa shape index (κ1) is 29.1. The fraction of sp³-hybridized carbons (Fsp3) is 0.690. The normalized spacial score (nSPS) is 24.2. The molecule has 3 saturated heterocycles. The maximum Gasteiger partial charge on any atom is 0.435 e. The third-order valence-electron chi connectivity index (χ3n) is 7.98. The average molecular weight is 570 g/mol. The van der Waals surface area contributed by atoms with E-state index in [1.807, 2.05) is 34.7 Å². The van der Waals surface area contributed by atoms with Crippen LogP contribution in [0.15, 0.2) is 12.1 Å². The van der Waals surface area contributed by atoms with Crippen LogP contribution in [0.3, 0.4) is 0 Å². The number of fused-ring (bicyclic) bond motifs is 2. The minimum atomic E-state index is -0.635. The van der Waals surface area contributed by atoms with Crippen LogP contribution < -0.4 is 15.0 Å². The number of amides is 1. The van der Waals surface area contributed by atoms with Crippen LogP contribution in [0.4, 0.5) is 22.4 Å². The van der Waals surface area contributed by atoms with E-state index in [4.69, 9.17) is 24.2 Å². The second-order valence-electron chi connectivity index (χ2n) is 12.3. The Bertz CT molecular complexity index is 1240. The molecule has 3 aliphatic rings. The van der Waals surface area contributed by atoms with Crippen molar-refractivity contribution >= 4 is 29.6 Å². The van der Waals surface area contributed by atoms with Crippen molar-refractivity contribution in [1.82, 2.24) is 24.6 Å². The molecular formula is C29H43N7O5. The molecule has 2 bridgehead atoms. The molecule has 5 heterocycles. The minimum Gasteiger partial charge on any atom is -0.472 e. The maximum absolute atomic E-state index is 12.7. The Morgan fingerprint density at radius 2 is 1.85 bits per heavy atom. The van der Waals surface area contributed by atoms with Crippen molar-refractivity contribution in [3.05, 3.63) is 17.8 Å². The number of nitrogens with zero attached hydrogens (tertiary/aromatic N) is 6. The lowest BCUT2D eigenvalue weighted by Crippen LogP contribution is -2.58. The van der Waals surface area contributed by atoms with E-state index in [0.717, 1.165) is 38.5 Å².